The third kappa shape index (κ3) is 5.19. The van der Waals surface area contributed by atoms with Crippen molar-refractivity contribution in [2.45, 2.75) is 0 Å². The molecule has 5 heterocycles. The van der Waals surface area contributed by atoms with E-state index < -0.39 is 0 Å². The molecule has 5 aromatic heterocycles. The average molecular weight is 931 g/mol. The van der Waals surface area contributed by atoms with E-state index in [4.69, 9.17) is 13.3 Å². The minimum Gasteiger partial charge on any atom is -0.456 e. The summed E-state index contributed by atoms with van der Waals surface area (Å²) in [5.74, 6) is 0. The van der Waals surface area contributed by atoms with Crippen LogP contribution in [0.3, 0.4) is 0 Å². The second-order valence-corrected chi connectivity index (χ2v) is 19.4. The SMILES string of the molecule is c1ccc(-c2cccc3c2oc2c(-n4c5ccccc5c5cccc6c7c(cc4c56)oc4cc5c6c(cccc6c47)c4ccccc4n5-c4cccc5c4oc4c(-c6ccccc6)cccc45)cccc23)cc1. The first kappa shape index (κ1) is 38.9. The Morgan fingerprint density at radius 2 is 0.589 bits per heavy atom. The molecule has 0 amide bonds. The van der Waals surface area contributed by atoms with Crippen LogP contribution in [0.1, 0.15) is 0 Å². The van der Waals surface area contributed by atoms with E-state index in [1.165, 1.54) is 21.5 Å². The molecule has 0 saturated carbocycles. The van der Waals surface area contributed by atoms with Gasteiger partial charge in [-0.25, -0.2) is 0 Å². The summed E-state index contributed by atoms with van der Waals surface area (Å²) in [5, 5.41) is 15.9. The van der Waals surface area contributed by atoms with Crippen LogP contribution in [0.5, 0.6) is 0 Å². The number of furan rings is 3. The van der Waals surface area contributed by atoms with Crippen LogP contribution in [0.15, 0.2) is 244 Å². The first-order valence-corrected chi connectivity index (χ1v) is 24.9. The van der Waals surface area contributed by atoms with Gasteiger partial charge in [-0.05, 0) is 56.9 Å². The molecule has 17 rings (SSSR count). The molecule has 73 heavy (non-hydrogen) atoms. The van der Waals surface area contributed by atoms with E-state index in [-0.39, 0.29) is 0 Å². The maximum atomic E-state index is 7.33. The molecule has 0 spiro atoms. The van der Waals surface area contributed by atoms with Gasteiger partial charge in [-0.2, -0.15) is 0 Å². The van der Waals surface area contributed by atoms with Crippen LogP contribution >= 0.6 is 0 Å². The number of benzene rings is 12. The molecule has 0 N–H and O–H groups in total. The molecule has 0 aliphatic carbocycles. The Kier molecular flexibility index (Phi) is 7.67. The number of hydrogen-bond acceptors (Lipinski definition) is 3. The van der Waals surface area contributed by atoms with Gasteiger partial charge in [0.25, 0.3) is 0 Å². The maximum absolute atomic E-state index is 7.33. The van der Waals surface area contributed by atoms with Gasteiger partial charge in [0, 0.05) is 77.1 Å². The molecule has 0 radical (unpaired) electrons. The standard InChI is InChI=1S/C68H38N2O3/c1-3-17-39(18-4-1)41-23-11-27-47-49-29-15-35-55(67(49)72-65(41)47)69-53-33-9-7-21-43(53)45-25-13-31-51-61(45)57(69)37-59-63(51)64-52-32-14-26-46-44-22-8-10-34-54(44)70(58(62(46)52)38-60(64)71-59)56-36-16-30-50-48-28-12-24-42(66(48)73-68(50)56)40-19-5-2-6-20-40/h1-38H. The van der Waals surface area contributed by atoms with E-state index >= 15 is 0 Å². The van der Waals surface area contributed by atoms with Crippen LogP contribution in [0.25, 0.3) is 165 Å². The first-order valence-electron chi connectivity index (χ1n) is 24.9. The molecule has 12 aromatic carbocycles. The van der Waals surface area contributed by atoms with Crippen molar-refractivity contribution >= 4 is 131 Å². The molecule has 0 atom stereocenters. The number of rotatable bonds is 4. The van der Waals surface area contributed by atoms with Crippen LogP contribution in [-0.2, 0) is 0 Å². The summed E-state index contributed by atoms with van der Waals surface area (Å²) in [6.45, 7) is 0. The highest BCUT2D eigenvalue weighted by Gasteiger charge is 2.26. The Morgan fingerprint density at radius 1 is 0.233 bits per heavy atom. The quantitative estimate of drug-likeness (QED) is 0.130. The van der Waals surface area contributed by atoms with Gasteiger partial charge in [-0.3, -0.25) is 0 Å². The number of nitrogens with zero attached hydrogens (tertiary/aromatic N) is 2. The summed E-state index contributed by atoms with van der Waals surface area (Å²) in [7, 11) is 0. The highest BCUT2D eigenvalue weighted by atomic mass is 16.3. The van der Waals surface area contributed by atoms with E-state index in [1.807, 2.05) is 0 Å². The number of pyridine rings is 2. The lowest BCUT2D eigenvalue weighted by Gasteiger charge is -2.20. The Morgan fingerprint density at radius 3 is 1.05 bits per heavy atom. The zero-order valence-corrected chi connectivity index (χ0v) is 39.1. The average Bonchev–Trinajstić information content (AvgIpc) is 4.19. The summed E-state index contributed by atoms with van der Waals surface area (Å²) < 4.78 is 26.4. The van der Waals surface area contributed by atoms with Crippen molar-refractivity contribution in [3.8, 4) is 33.6 Å². The molecular weight excluding hydrogens is 893 g/mol. The molecule has 0 aliphatic heterocycles. The predicted molar refractivity (Wildman–Crippen MR) is 303 cm³/mol. The summed E-state index contributed by atoms with van der Waals surface area (Å²) >= 11 is 0. The Balaban J connectivity index is 0.988. The van der Waals surface area contributed by atoms with Crippen molar-refractivity contribution in [1.29, 1.82) is 0 Å². The second kappa shape index (κ2) is 14.4. The molecule has 17 aromatic rings. The highest BCUT2D eigenvalue weighted by molar-refractivity contribution is 6.37. The van der Waals surface area contributed by atoms with Crippen molar-refractivity contribution in [3.05, 3.63) is 231 Å². The van der Waals surface area contributed by atoms with E-state index in [0.717, 1.165) is 143 Å². The molecule has 0 unspecified atom stereocenters. The molecule has 0 aliphatic rings. The summed E-state index contributed by atoms with van der Waals surface area (Å²) in [5.41, 5.74) is 15.7. The van der Waals surface area contributed by atoms with Crippen LogP contribution in [0.4, 0.5) is 0 Å². The largest absolute Gasteiger partial charge is 0.456 e. The fourth-order valence-corrected chi connectivity index (χ4v) is 12.7. The third-order valence-electron chi connectivity index (χ3n) is 15.7. The van der Waals surface area contributed by atoms with E-state index in [0.29, 0.717) is 0 Å². The van der Waals surface area contributed by atoms with Crippen molar-refractivity contribution < 1.29 is 13.3 Å². The molecular formula is C68H38N2O3. The van der Waals surface area contributed by atoms with Gasteiger partial charge in [0.05, 0.1) is 33.4 Å². The molecule has 5 nitrogen and oxygen atoms in total. The molecule has 338 valence electrons. The van der Waals surface area contributed by atoms with E-state index in [9.17, 15) is 0 Å². The normalized spacial score (nSPS) is 12.4. The Hall–Kier alpha value is -9.84. The topological polar surface area (TPSA) is 49.3 Å². The van der Waals surface area contributed by atoms with Crippen molar-refractivity contribution in [1.82, 2.24) is 9.13 Å². The number of hydrogen-bond donors (Lipinski definition) is 0. The predicted octanol–water partition coefficient (Wildman–Crippen LogP) is 19.2. The van der Waals surface area contributed by atoms with Gasteiger partial charge in [0.15, 0.2) is 11.2 Å². The minimum absolute atomic E-state index is 0.821. The Bertz CT molecular complexity index is 4870. The van der Waals surface area contributed by atoms with Crippen molar-refractivity contribution in [3.63, 3.8) is 0 Å². The van der Waals surface area contributed by atoms with Gasteiger partial charge in [0.2, 0.25) is 0 Å². The maximum Gasteiger partial charge on any atom is 0.159 e. The zero-order chi connectivity index (χ0) is 47.5. The fourth-order valence-electron chi connectivity index (χ4n) is 12.7. The smallest absolute Gasteiger partial charge is 0.159 e. The van der Waals surface area contributed by atoms with Gasteiger partial charge in [0.1, 0.15) is 22.3 Å². The number of para-hydroxylation sites is 6. The van der Waals surface area contributed by atoms with Crippen LogP contribution in [0, 0.1) is 0 Å². The van der Waals surface area contributed by atoms with E-state index in [1.54, 1.807) is 0 Å². The third-order valence-corrected chi connectivity index (χ3v) is 15.7. The van der Waals surface area contributed by atoms with Gasteiger partial charge >= 0.3 is 0 Å². The zero-order valence-electron chi connectivity index (χ0n) is 39.1. The molecule has 0 fully saturated rings. The van der Waals surface area contributed by atoms with Crippen LogP contribution in [0.2, 0.25) is 0 Å². The minimum atomic E-state index is 0.821. The number of fused-ring (bicyclic) bond motifs is 15. The fraction of sp³-hybridized carbons (Fsp3) is 0. The Labute approximate surface area is 415 Å². The lowest BCUT2D eigenvalue weighted by Crippen LogP contribution is -2.02. The molecule has 5 heteroatoms. The van der Waals surface area contributed by atoms with E-state index in [2.05, 4.69) is 240 Å². The first-order chi connectivity index (χ1) is 36.2. The van der Waals surface area contributed by atoms with Crippen LogP contribution < -0.4 is 0 Å². The second-order valence-electron chi connectivity index (χ2n) is 19.4. The lowest BCUT2D eigenvalue weighted by molar-refractivity contribution is 0.666. The summed E-state index contributed by atoms with van der Waals surface area (Å²) in [6, 6.07) is 82.6. The van der Waals surface area contributed by atoms with Crippen molar-refractivity contribution in [2.75, 3.05) is 0 Å². The van der Waals surface area contributed by atoms with Gasteiger partial charge < -0.3 is 22.4 Å². The molecule has 0 bridgehead atoms. The molecule has 0 saturated heterocycles. The number of aromatic nitrogens is 2. The van der Waals surface area contributed by atoms with Gasteiger partial charge in [-0.1, -0.05) is 194 Å². The monoisotopic (exact) mass is 930 g/mol. The highest BCUT2D eigenvalue weighted by Crippen LogP contribution is 2.49. The lowest BCUT2D eigenvalue weighted by atomic mass is 9.93. The van der Waals surface area contributed by atoms with Gasteiger partial charge in [-0.15, -0.1) is 0 Å². The summed E-state index contributed by atoms with van der Waals surface area (Å²) in [6.07, 6.45) is 0. The summed E-state index contributed by atoms with van der Waals surface area (Å²) in [4.78, 5) is 0. The van der Waals surface area contributed by atoms with Crippen molar-refractivity contribution in [2.24, 2.45) is 0 Å². The van der Waals surface area contributed by atoms with Crippen LogP contribution in [-0.4, -0.2) is 9.13 Å².